The van der Waals surface area contributed by atoms with Crippen molar-refractivity contribution in [2.75, 3.05) is 0 Å². The van der Waals surface area contributed by atoms with Crippen molar-refractivity contribution in [1.82, 2.24) is 20.0 Å². The van der Waals surface area contributed by atoms with Crippen LogP contribution in [0.25, 0.3) is 11.3 Å². The summed E-state index contributed by atoms with van der Waals surface area (Å²) >= 11 is 5.69. The maximum Gasteiger partial charge on any atom is 0.151 e. The molecule has 0 amide bonds. The minimum Gasteiger partial charge on any atom is -0.272 e. The van der Waals surface area contributed by atoms with Crippen LogP contribution in [0.15, 0.2) is 12.1 Å². The molecule has 5 heteroatoms. The van der Waals surface area contributed by atoms with Gasteiger partial charge in [-0.1, -0.05) is 11.6 Å². The average molecular weight is 223 g/mol. The minimum atomic E-state index is 0.401. The Labute approximate surface area is 92.9 Å². The molecule has 0 radical (unpaired) electrons. The topological polar surface area (TPSA) is 43.6 Å². The zero-order valence-corrected chi connectivity index (χ0v) is 9.58. The van der Waals surface area contributed by atoms with Gasteiger partial charge in [0, 0.05) is 18.3 Å². The lowest BCUT2D eigenvalue weighted by molar-refractivity contribution is 0.731. The van der Waals surface area contributed by atoms with Crippen molar-refractivity contribution in [2.45, 2.75) is 13.8 Å². The molecule has 0 aliphatic heterocycles. The Morgan fingerprint density at radius 2 is 1.93 bits per heavy atom. The first-order chi connectivity index (χ1) is 7.09. The van der Waals surface area contributed by atoms with Crippen LogP contribution in [-0.4, -0.2) is 20.0 Å². The summed E-state index contributed by atoms with van der Waals surface area (Å²) in [6.45, 7) is 3.96. The van der Waals surface area contributed by atoms with Crippen LogP contribution < -0.4 is 0 Å². The average Bonchev–Trinajstić information content (AvgIpc) is 2.44. The molecule has 15 heavy (non-hydrogen) atoms. The maximum atomic E-state index is 5.69. The van der Waals surface area contributed by atoms with Gasteiger partial charge in [0.15, 0.2) is 5.15 Å². The highest BCUT2D eigenvalue weighted by molar-refractivity contribution is 6.29. The zero-order chi connectivity index (χ0) is 11.0. The van der Waals surface area contributed by atoms with E-state index in [2.05, 4.69) is 15.3 Å². The first-order valence-corrected chi connectivity index (χ1v) is 4.97. The maximum absolute atomic E-state index is 5.69. The second-order valence-corrected chi connectivity index (χ2v) is 3.80. The molecule has 78 valence electrons. The van der Waals surface area contributed by atoms with Crippen molar-refractivity contribution >= 4 is 11.6 Å². The van der Waals surface area contributed by atoms with Crippen molar-refractivity contribution in [1.29, 1.82) is 0 Å². The number of halogens is 1. The van der Waals surface area contributed by atoms with Crippen molar-refractivity contribution in [3.8, 4) is 11.3 Å². The summed E-state index contributed by atoms with van der Waals surface area (Å²) in [5.74, 6) is 0. The first kappa shape index (κ1) is 10.1. The van der Waals surface area contributed by atoms with Gasteiger partial charge in [-0.25, -0.2) is 0 Å². The van der Waals surface area contributed by atoms with E-state index in [9.17, 15) is 0 Å². The van der Waals surface area contributed by atoms with E-state index in [1.54, 1.807) is 6.07 Å². The fourth-order valence-corrected chi connectivity index (χ4v) is 1.69. The second-order valence-electron chi connectivity index (χ2n) is 3.41. The van der Waals surface area contributed by atoms with Gasteiger partial charge < -0.3 is 0 Å². The van der Waals surface area contributed by atoms with E-state index in [0.29, 0.717) is 5.15 Å². The van der Waals surface area contributed by atoms with E-state index in [1.807, 2.05) is 31.6 Å². The lowest BCUT2D eigenvalue weighted by Gasteiger charge is -1.99. The molecule has 0 saturated heterocycles. The van der Waals surface area contributed by atoms with Gasteiger partial charge in [-0.05, 0) is 26.0 Å². The van der Waals surface area contributed by atoms with Gasteiger partial charge in [0.2, 0.25) is 0 Å². The summed E-state index contributed by atoms with van der Waals surface area (Å²) in [5.41, 5.74) is 3.86. The van der Waals surface area contributed by atoms with Crippen LogP contribution in [0.3, 0.4) is 0 Å². The Morgan fingerprint density at radius 1 is 1.20 bits per heavy atom. The first-order valence-electron chi connectivity index (χ1n) is 4.59. The summed E-state index contributed by atoms with van der Waals surface area (Å²) in [5, 5.41) is 12.6. The lowest BCUT2D eigenvalue weighted by atomic mass is 10.1. The Balaban J connectivity index is 2.58. The number of hydrogen-bond donors (Lipinski definition) is 0. The molecule has 0 bridgehead atoms. The van der Waals surface area contributed by atoms with Crippen molar-refractivity contribution < 1.29 is 0 Å². The molecule has 0 atom stereocenters. The molecule has 0 fully saturated rings. The molecule has 0 N–H and O–H groups in total. The highest BCUT2D eigenvalue weighted by Crippen LogP contribution is 2.24. The Kier molecular flexibility index (Phi) is 2.44. The smallest absolute Gasteiger partial charge is 0.151 e. The van der Waals surface area contributed by atoms with Crippen LogP contribution in [0.5, 0.6) is 0 Å². The summed E-state index contributed by atoms with van der Waals surface area (Å²) in [4.78, 5) is 0. The van der Waals surface area contributed by atoms with E-state index in [4.69, 9.17) is 11.6 Å². The minimum absolute atomic E-state index is 0.401. The van der Waals surface area contributed by atoms with Crippen molar-refractivity contribution in [3.05, 3.63) is 28.7 Å². The van der Waals surface area contributed by atoms with Gasteiger partial charge in [-0.3, -0.25) is 4.68 Å². The molecule has 2 heterocycles. The monoisotopic (exact) mass is 222 g/mol. The summed E-state index contributed by atoms with van der Waals surface area (Å²) < 4.78 is 1.83. The molecule has 0 unspecified atom stereocenters. The van der Waals surface area contributed by atoms with E-state index >= 15 is 0 Å². The van der Waals surface area contributed by atoms with Gasteiger partial charge in [-0.2, -0.15) is 5.10 Å². The molecule has 0 spiro atoms. The third-order valence-electron chi connectivity index (χ3n) is 2.40. The van der Waals surface area contributed by atoms with Crippen LogP contribution in [0.2, 0.25) is 5.15 Å². The third-order valence-corrected chi connectivity index (χ3v) is 2.60. The molecule has 0 aliphatic carbocycles. The van der Waals surface area contributed by atoms with E-state index in [-0.39, 0.29) is 0 Å². The van der Waals surface area contributed by atoms with Crippen LogP contribution in [0.4, 0.5) is 0 Å². The molecule has 2 aromatic rings. The van der Waals surface area contributed by atoms with Crippen LogP contribution in [0.1, 0.15) is 11.4 Å². The number of nitrogens with zero attached hydrogens (tertiary/aromatic N) is 4. The normalized spacial score (nSPS) is 10.7. The second kappa shape index (κ2) is 3.62. The lowest BCUT2D eigenvalue weighted by Crippen LogP contribution is -1.93. The number of aryl methyl sites for hydroxylation is 2. The van der Waals surface area contributed by atoms with E-state index in [0.717, 1.165) is 22.6 Å². The zero-order valence-electron chi connectivity index (χ0n) is 8.82. The van der Waals surface area contributed by atoms with Gasteiger partial charge in [0.25, 0.3) is 0 Å². The predicted molar refractivity (Wildman–Crippen MR) is 58.7 cm³/mol. The fraction of sp³-hybridized carbons (Fsp3) is 0.300. The van der Waals surface area contributed by atoms with E-state index in [1.165, 1.54) is 0 Å². The molecule has 2 rings (SSSR count). The third kappa shape index (κ3) is 1.72. The highest BCUT2D eigenvalue weighted by Gasteiger charge is 2.12. The van der Waals surface area contributed by atoms with Crippen LogP contribution in [-0.2, 0) is 7.05 Å². The summed E-state index contributed by atoms with van der Waals surface area (Å²) in [6.07, 6.45) is 0. The fourth-order valence-electron chi connectivity index (χ4n) is 1.59. The quantitative estimate of drug-likeness (QED) is 0.743. The molecule has 2 aromatic heterocycles. The van der Waals surface area contributed by atoms with Crippen molar-refractivity contribution in [2.24, 2.45) is 7.05 Å². The Morgan fingerprint density at radius 3 is 2.40 bits per heavy atom. The highest BCUT2D eigenvalue weighted by atomic mass is 35.5. The number of hydrogen-bond acceptors (Lipinski definition) is 3. The van der Waals surface area contributed by atoms with Crippen LogP contribution >= 0.6 is 11.6 Å². The molecular weight excluding hydrogens is 212 g/mol. The molecule has 0 aliphatic rings. The van der Waals surface area contributed by atoms with Crippen molar-refractivity contribution in [3.63, 3.8) is 0 Å². The van der Waals surface area contributed by atoms with Gasteiger partial charge in [0.05, 0.1) is 11.4 Å². The summed E-state index contributed by atoms with van der Waals surface area (Å²) in [7, 11) is 1.91. The Hall–Kier alpha value is -1.42. The largest absolute Gasteiger partial charge is 0.272 e. The SMILES string of the molecule is Cc1nn(C)c(C)c1-c1ccc(Cl)nn1. The standard InChI is InChI=1S/C10H11ClN4/c1-6-10(7(2)15(3)14-6)8-4-5-9(11)13-12-8/h4-5H,1-3H3. The van der Waals surface area contributed by atoms with Gasteiger partial charge in [-0.15, -0.1) is 10.2 Å². The number of aromatic nitrogens is 4. The molecule has 0 aromatic carbocycles. The van der Waals surface area contributed by atoms with Crippen LogP contribution in [0, 0.1) is 13.8 Å². The summed E-state index contributed by atoms with van der Waals surface area (Å²) in [6, 6.07) is 3.59. The van der Waals surface area contributed by atoms with Gasteiger partial charge >= 0.3 is 0 Å². The van der Waals surface area contributed by atoms with E-state index < -0.39 is 0 Å². The van der Waals surface area contributed by atoms with Gasteiger partial charge in [0.1, 0.15) is 0 Å². The molecule has 4 nitrogen and oxygen atoms in total. The molecule has 0 saturated carbocycles. The number of rotatable bonds is 1. The predicted octanol–water partition coefficient (Wildman–Crippen LogP) is 2.15. The Bertz CT molecular complexity index is 487. The molecular formula is C10H11ClN4.